The van der Waals surface area contributed by atoms with Crippen LogP contribution in [0.4, 0.5) is 0 Å². The summed E-state index contributed by atoms with van der Waals surface area (Å²) in [4.78, 5) is 13.4. The van der Waals surface area contributed by atoms with Crippen LogP contribution >= 0.6 is 0 Å². The Bertz CT molecular complexity index is 469. The molecule has 5 nitrogen and oxygen atoms in total. The van der Waals surface area contributed by atoms with Gasteiger partial charge in [-0.1, -0.05) is 18.2 Å². The maximum Gasteiger partial charge on any atom is 0.234 e. The zero-order valence-electron chi connectivity index (χ0n) is 14.2. The van der Waals surface area contributed by atoms with Crippen molar-refractivity contribution >= 4 is 5.91 Å². The van der Waals surface area contributed by atoms with Gasteiger partial charge in [0.15, 0.2) is 0 Å². The Morgan fingerprint density at radius 3 is 2.45 bits per heavy atom. The Morgan fingerprint density at radius 2 is 1.91 bits per heavy atom. The van der Waals surface area contributed by atoms with Crippen LogP contribution in [0.5, 0.6) is 5.75 Å². The molecule has 0 bridgehead atoms. The second-order valence-electron chi connectivity index (χ2n) is 6.10. The fourth-order valence-corrected chi connectivity index (χ4v) is 2.30. The van der Waals surface area contributed by atoms with Crippen molar-refractivity contribution in [1.82, 2.24) is 10.2 Å². The average molecular weight is 308 g/mol. The highest BCUT2D eigenvalue weighted by Crippen LogP contribution is 2.22. The SMILES string of the molecule is Cc1cccc(C)c1OC[C@H](O)CN(C)CC(=O)NC(C)C. The first-order valence-electron chi connectivity index (χ1n) is 7.64. The van der Waals surface area contributed by atoms with E-state index < -0.39 is 6.10 Å². The Balaban J connectivity index is 2.40. The highest BCUT2D eigenvalue weighted by molar-refractivity contribution is 5.78. The Hall–Kier alpha value is -1.59. The molecule has 1 atom stereocenters. The number of hydrogen-bond acceptors (Lipinski definition) is 4. The van der Waals surface area contributed by atoms with Gasteiger partial charge in [-0.15, -0.1) is 0 Å². The monoisotopic (exact) mass is 308 g/mol. The fourth-order valence-electron chi connectivity index (χ4n) is 2.30. The van der Waals surface area contributed by atoms with Gasteiger partial charge in [-0.3, -0.25) is 9.69 Å². The van der Waals surface area contributed by atoms with E-state index in [0.717, 1.165) is 16.9 Å². The Labute approximate surface area is 133 Å². The predicted octanol–water partition coefficient (Wildman–Crippen LogP) is 1.50. The number of ether oxygens (including phenoxy) is 1. The summed E-state index contributed by atoms with van der Waals surface area (Å²) in [7, 11) is 1.81. The number of hydrogen-bond donors (Lipinski definition) is 2. The van der Waals surface area contributed by atoms with Crippen LogP contribution < -0.4 is 10.1 Å². The van der Waals surface area contributed by atoms with E-state index in [4.69, 9.17) is 4.74 Å². The molecule has 0 aliphatic heterocycles. The van der Waals surface area contributed by atoms with Crippen molar-refractivity contribution < 1.29 is 14.6 Å². The normalized spacial score (nSPS) is 12.5. The summed E-state index contributed by atoms with van der Waals surface area (Å²) in [6, 6.07) is 6.07. The molecule has 0 radical (unpaired) electrons. The van der Waals surface area contributed by atoms with Gasteiger partial charge < -0.3 is 15.2 Å². The molecule has 124 valence electrons. The first-order chi connectivity index (χ1) is 10.3. The second-order valence-corrected chi connectivity index (χ2v) is 6.10. The van der Waals surface area contributed by atoms with Crippen LogP contribution in [-0.4, -0.2) is 54.8 Å². The number of benzene rings is 1. The molecular formula is C17H28N2O3. The van der Waals surface area contributed by atoms with Crippen molar-refractivity contribution in [2.45, 2.75) is 39.8 Å². The van der Waals surface area contributed by atoms with Crippen LogP contribution in [-0.2, 0) is 4.79 Å². The molecule has 0 saturated carbocycles. The smallest absolute Gasteiger partial charge is 0.234 e. The molecule has 0 aliphatic rings. The summed E-state index contributed by atoms with van der Waals surface area (Å²) in [6.07, 6.45) is -0.643. The van der Waals surface area contributed by atoms with Crippen molar-refractivity contribution in [2.75, 3.05) is 26.7 Å². The number of likely N-dealkylation sites (N-methyl/N-ethyl adjacent to an activating group) is 1. The number of carbonyl (C=O) groups is 1. The van der Waals surface area contributed by atoms with Gasteiger partial charge in [-0.2, -0.15) is 0 Å². The van der Waals surface area contributed by atoms with Crippen molar-refractivity contribution in [3.05, 3.63) is 29.3 Å². The van der Waals surface area contributed by atoms with Gasteiger partial charge >= 0.3 is 0 Å². The number of aliphatic hydroxyl groups is 1. The predicted molar refractivity (Wildman–Crippen MR) is 88.2 cm³/mol. The van der Waals surface area contributed by atoms with Crippen molar-refractivity contribution in [3.63, 3.8) is 0 Å². The summed E-state index contributed by atoms with van der Waals surface area (Å²) < 4.78 is 5.72. The molecule has 1 amide bonds. The number of aryl methyl sites for hydroxylation is 2. The minimum atomic E-state index is -0.643. The number of amides is 1. The quantitative estimate of drug-likeness (QED) is 0.764. The fraction of sp³-hybridized carbons (Fsp3) is 0.588. The van der Waals surface area contributed by atoms with Crippen LogP contribution in [0.2, 0.25) is 0 Å². The molecule has 5 heteroatoms. The van der Waals surface area contributed by atoms with E-state index in [1.54, 1.807) is 4.90 Å². The van der Waals surface area contributed by atoms with E-state index in [2.05, 4.69) is 5.32 Å². The summed E-state index contributed by atoms with van der Waals surface area (Å²) in [5.74, 6) is 0.780. The molecule has 22 heavy (non-hydrogen) atoms. The van der Waals surface area contributed by atoms with Gasteiger partial charge in [-0.25, -0.2) is 0 Å². The van der Waals surface area contributed by atoms with E-state index >= 15 is 0 Å². The Kier molecular flexibility index (Phi) is 7.35. The molecule has 2 N–H and O–H groups in total. The highest BCUT2D eigenvalue weighted by atomic mass is 16.5. The summed E-state index contributed by atoms with van der Waals surface area (Å²) in [6.45, 7) is 8.67. The van der Waals surface area contributed by atoms with Crippen molar-refractivity contribution in [3.8, 4) is 5.75 Å². The van der Waals surface area contributed by atoms with Gasteiger partial charge in [0, 0.05) is 12.6 Å². The molecule has 0 aromatic heterocycles. The largest absolute Gasteiger partial charge is 0.490 e. The van der Waals surface area contributed by atoms with Crippen LogP contribution in [0, 0.1) is 13.8 Å². The van der Waals surface area contributed by atoms with Crippen LogP contribution in [0.1, 0.15) is 25.0 Å². The lowest BCUT2D eigenvalue weighted by Gasteiger charge is -2.21. The van der Waals surface area contributed by atoms with Gasteiger partial charge in [0.2, 0.25) is 5.91 Å². The molecule has 0 unspecified atom stereocenters. The molecule has 0 fully saturated rings. The third-order valence-corrected chi connectivity index (χ3v) is 3.21. The van der Waals surface area contributed by atoms with Gasteiger partial charge in [-0.05, 0) is 45.9 Å². The van der Waals surface area contributed by atoms with Crippen LogP contribution in [0.15, 0.2) is 18.2 Å². The third-order valence-electron chi connectivity index (χ3n) is 3.21. The van der Waals surface area contributed by atoms with E-state index in [9.17, 15) is 9.90 Å². The zero-order chi connectivity index (χ0) is 16.7. The summed E-state index contributed by atoms with van der Waals surface area (Å²) in [5.41, 5.74) is 2.11. The molecule has 0 heterocycles. The molecule has 0 aliphatic carbocycles. The first-order valence-corrected chi connectivity index (χ1v) is 7.64. The molecule has 0 spiro atoms. The van der Waals surface area contributed by atoms with E-state index in [1.807, 2.05) is 52.9 Å². The van der Waals surface area contributed by atoms with Crippen LogP contribution in [0.3, 0.4) is 0 Å². The minimum absolute atomic E-state index is 0.0413. The molecular weight excluding hydrogens is 280 g/mol. The highest BCUT2D eigenvalue weighted by Gasteiger charge is 2.13. The van der Waals surface area contributed by atoms with Crippen molar-refractivity contribution in [1.29, 1.82) is 0 Å². The topological polar surface area (TPSA) is 61.8 Å². The van der Waals surface area contributed by atoms with E-state index in [-0.39, 0.29) is 25.1 Å². The van der Waals surface area contributed by atoms with Crippen LogP contribution in [0.25, 0.3) is 0 Å². The second kappa shape index (κ2) is 8.76. The number of carbonyl (C=O) groups excluding carboxylic acids is 1. The number of nitrogens with one attached hydrogen (secondary N) is 1. The number of rotatable bonds is 8. The van der Waals surface area contributed by atoms with E-state index in [0.29, 0.717) is 6.54 Å². The molecule has 1 rings (SSSR count). The molecule has 1 aromatic carbocycles. The van der Waals surface area contributed by atoms with E-state index in [1.165, 1.54) is 0 Å². The van der Waals surface area contributed by atoms with Gasteiger partial charge in [0.25, 0.3) is 0 Å². The summed E-state index contributed by atoms with van der Waals surface area (Å²) >= 11 is 0. The lowest BCUT2D eigenvalue weighted by molar-refractivity contribution is -0.122. The number of nitrogens with zero attached hydrogens (tertiary/aromatic N) is 1. The van der Waals surface area contributed by atoms with Gasteiger partial charge in [0.1, 0.15) is 18.5 Å². The zero-order valence-corrected chi connectivity index (χ0v) is 14.2. The molecule has 0 saturated heterocycles. The summed E-state index contributed by atoms with van der Waals surface area (Å²) in [5, 5.41) is 12.9. The van der Waals surface area contributed by atoms with Crippen molar-refractivity contribution in [2.24, 2.45) is 0 Å². The lowest BCUT2D eigenvalue weighted by Crippen LogP contribution is -2.42. The number of para-hydroxylation sites is 1. The maximum absolute atomic E-state index is 11.6. The average Bonchev–Trinajstić information content (AvgIpc) is 2.36. The maximum atomic E-state index is 11.6. The first kappa shape index (κ1) is 18.5. The molecule has 1 aromatic rings. The third kappa shape index (κ3) is 6.45. The Morgan fingerprint density at radius 1 is 1.32 bits per heavy atom. The standard InChI is InChI=1S/C17H28N2O3/c1-12(2)18-16(21)10-19(5)9-15(20)11-22-17-13(3)7-6-8-14(17)4/h6-8,12,15,20H,9-11H2,1-5H3,(H,18,21)/t15-/m1/s1. The number of aliphatic hydroxyl groups excluding tert-OH is 1. The lowest BCUT2D eigenvalue weighted by atomic mass is 10.1. The van der Waals surface area contributed by atoms with Gasteiger partial charge in [0.05, 0.1) is 6.54 Å². The minimum Gasteiger partial charge on any atom is -0.490 e.